The van der Waals surface area contributed by atoms with Gasteiger partial charge in [-0.3, -0.25) is 9.78 Å². The van der Waals surface area contributed by atoms with Crippen LogP contribution in [0.5, 0.6) is 0 Å². The van der Waals surface area contributed by atoms with Crippen molar-refractivity contribution in [2.45, 2.75) is 30.9 Å². The molecule has 2 fully saturated rings. The first-order valence-corrected chi connectivity index (χ1v) is 8.92. The number of hydrogen-bond acceptors (Lipinski definition) is 4. The Bertz CT molecular complexity index is 714. The Balaban J connectivity index is 1.63. The summed E-state index contributed by atoms with van der Waals surface area (Å²) in [5, 5.41) is 3.39. The van der Waals surface area contributed by atoms with Crippen LogP contribution in [-0.2, 0) is 4.74 Å². The maximum Gasteiger partial charge on any atom is 0.277 e. The lowest BCUT2D eigenvalue weighted by Gasteiger charge is -2.34. The number of piperidine rings is 1. The molecule has 5 heteroatoms. The molecule has 0 saturated carbocycles. The number of carbonyl (C=O) groups is 1. The third-order valence-corrected chi connectivity index (χ3v) is 5.21. The van der Waals surface area contributed by atoms with Crippen LogP contribution >= 0.6 is 0 Å². The number of ether oxygens (including phenoxy) is 1. The number of nitrogens with zero attached hydrogens (tertiary/aromatic N) is 2. The van der Waals surface area contributed by atoms with Crippen LogP contribution in [0.3, 0.4) is 0 Å². The first-order chi connectivity index (χ1) is 12.3. The van der Waals surface area contributed by atoms with Gasteiger partial charge in [0.15, 0.2) is 0 Å². The molecule has 1 amide bonds. The van der Waals surface area contributed by atoms with Crippen LogP contribution in [0.15, 0.2) is 54.7 Å². The normalized spacial score (nSPS) is 22.0. The topological polar surface area (TPSA) is 54.5 Å². The maximum absolute atomic E-state index is 13.2. The average Bonchev–Trinajstić information content (AvgIpc) is 3.07. The molecular weight excluding hydrogens is 314 g/mol. The van der Waals surface area contributed by atoms with Crippen LogP contribution in [0.4, 0.5) is 5.69 Å². The van der Waals surface area contributed by atoms with E-state index in [0.717, 1.165) is 38.0 Å². The molecule has 1 aromatic carbocycles. The van der Waals surface area contributed by atoms with Crippen LogP contribution in [0.1, 0.15) is 29.8 Å². The number of pyridine rings is 1. The average molecular weight is 337 g/mol. The van der Waals surface area contributed by atoms with Crippen molar-refractivity contribution >= 4 is 11.6 Å². The summed E-state index contributed by atoms with van der Waals surface area (Å²) in [6.45, 7) is 2.53. The number of amides is 1. The van der Waals surface area contributed by atoms with Crippen molar-refractivity contribution in [3.05, 3.63) is 60.4 Å². The number of para-hydroxylation sites is 1. The van der Waals surface area contributed by atoms with E-state index in [1.54, 1.807) is 12.3 Å². The molecule has 1 aromatic heterocycles. The van der Waals surface area contributed by atoms with Crippen LogP contribution in [0.25, 0.3) is 0 Å². The summed E-state index contributed by atoms with van der Waals surface area (Å²) in [7, 11) is 0. The van der Waals surface area contributed by atoms with Crippen molar-refractivity contribution in [1.29, 1.82) is 0 Å². The lowest BCUT2D eigenvalue weighted by atomic mass is 9.87. The number of nitrogens with one attached hydrogen (secondary N) is 1. The Kier molecular flexibility index (Phi) is 4.51. The van der Waals surface area contributed by atoms with E-state index in [2.05, 4.69) is 10.3 Å². The quantitative estimate of drug-likeness (QED) is 0.935. The molecule has 25 heavy (non-hydrogen) atoms. The van der Waals surface area contributed by atoms with Gasteiger partial charge in [-0.15, -0.1) is 0 Å². The highest BCUT2D eigenvalue weighted by Crippen LogP contribution is 2.37. The van der Waals surface area contributed by atoms with Crippen LogP contribution < -0.4 is 10.2 Å². The molecule has 2 saturated heterocycles. The van der Waals surface area contributed by atoms with Gasteiger partial charge < -0.3 is 15.0 Å². The van der Waals surface area contributed by atoms with Gasteiger partial charge in [0.1, 0.15) is 5.69 Å². The van der Waals surface area contributed by atoms with E-state index in [-0.39, 0.29) is 17.6 Å². The lowest BCUT2D eigenvalue weighted by molar-refractivity contribution is -0.0193. The SMILES string of the molecule is O=C(c1ccccn1)N(c1ccccc1)[C@@H]1COC2(CCNCC2)C1. The van der Waals surface area contributed by atoms with Gasteiger partial charge in [0.25, 0.3) is 5.91 Å². The first-order valence-electron chi connectivity index (χ1n) is 8.92. The lowest BCUT2D eigenvalue weighted by Crippen LogP contribution is -2.44. The van der Waals surface area contributed by atoms with E-state index < -0.39 is 0 Å². The molecule has 5 nitrogen and oxygen atoms in total. The number of hydrogen-bond donors (Lipinski definition) is 1. The van der Waals surface area contributed by atoms with Gasteiger partial charge in [0, 0.05) is 11.9 Å². The van der Waals surface area contributed by atoms with E-state index in [0.29, 0.717) is 12.3 Å². The third kappa shape index (κ3) is 3.30. The molecule has 2 aliphatic rings. The highest BCUT2D eigenvalue weighted by molar-refractivity contribution is 6.05. The summed E-state index contributed by atoms with van der Waals surface area (Å²) in [4.78, 5) is 19.3. The van der Waals surface area contributed by atoms with E-state index in [4.69, 9.17) is 4.74 Å². The minimum absolute atomic E-state index is 0.0370. The van der Waals surface area contributed by atoms with Crippen molar-refractivity contribution in [2.24, 2.45) is 0 Å². The zero-order valence-electron chi connectivity index (χ0n) is 14.2. The number of carbonyl (C=O) groups excluding carboxylic acids is 1. The fourth-order valence-corrected chi connectivity index (χ4v) is 3.91. The van der Waals surface area contributed by atoms with Gasteiger partial charge in [-0.1, -0.05) is 24.3 Å². The largest absolute Gasteiger partial charge is 0.373 e. The minimum atomic E-state index is -0.0899. The van der Waals surface area contributed by atoms with Gasteiger partial charge in [-0.2, -0.15) is 0 Å². The smallest absolute Gasteiger partial charge is 0.277 e. The number of aromatic nitrogens is 1. The van der Waals surface area contributed by atoms with Gasteiger partial charge in [0.05, 0.1) is 18.2 Å². The molecule has 0 bridgehead atoms. The van der Waals surface area contributed by atoms with Gasteiger partial charge >= 0.3 is 0 Å². The maximum atomic E-state index is 13.2. The molecule has 1 atom stereocenters. The monoisotopic (exact) mass is 337 g/mol. The second-order valence-electron chi connectivity index (χ2n) is 6.83. The van der Waals surface area contributed by atoms with E-state index in [9.17, 15) is 4.79 Å². The zero-order valence-corrected chi connectivity index (χ0v) is 14.2. The first kappa shape index (κ1) is 16.2. The molecule has 1 N–H and O–H groups in total. The second-order valence-corrected chi connectivity index (χ2v) is 6.83. The standard InChI is InChI=1S/C20H23N3O2/c24-19(18-8-4-5-11-22-18)23(16-6-2-1-3-7-16)17-14-20(25-15-17)9-12-21-13-10-20/h1-8,11,17,21H,9-10,12-15H2/t17-/m0/s1. The zero-order chi connectivity index (χ0) is 17.1. The molecule has 0 aliphatic carbocycles. The van der Waals surface area contributed by atoms with E-state index in [1.165, 1.54) is 0 Å². The number of anilines is 1. The highest BCUT2D eigenvalue weighted by Gasteiger charge is 2.44. The Labute approximate surface area is 148 Å². The minimum Gasteiger partial charge on any atom is -0.373 e. The summed E-state index contributed by atoms with van der Waals surface area (Å²) < 4.78 is 6.23. The van der Waals surface area contributed by atoms with Gasteiger partial charge in [-0.05, 0) is 56.6 Å². The van der Waals surface area contributed by atoms with E-state index >= 15 is 0 Å². The Morgan fingerprint density at radius 3 is 2.60 bits per heavy atom. The number of rotatable bonds is 3. The van der Waals surface area contributed by atoms with Crippen LogP contribution in [-0.4, -0.2) is 42.2 Å². The Morgan fingerprint density at radius 2 is 1.88 bits per heavy atom. The molecule has 2 aromatic rings. The summed E-state index contributed by atoms with van der Waals surface area (Å²) >= 11 is 0. The van der Waals surface area contributed by atoms with Gasteiger partial charge in [0.2, 0.25) is 0 Å². The third-order valence-electron chi connectivity index (χ3n) is 5.21. The Morgan fingerprint density at radius 1 is 1.12 bits per heavy atom. The Hall–Kier alpha value is -2.24. The van der Waals surface area contributed by atoms with Crippen LogP contribution in [0, 0.1) is 0 Å². The molecule has 130 valence electrons. The summed E-state index contributed by atoms with van der Waals surface area (Å²) in [5.41, 5.74) is 1.28. The van der Waals surface area contributed by atoms with Gasteiger partial charge in [-0.25, -0.2) is 0 Å². The molecule has 2 aliphatic heterocycles. The summed E-state index contributed by atoms with van der Waals surface area (Å²) in [5.74, 6) is -0.0635. The fraction of sp³-hybridized carbons (Fsp3) is 0.400. The second kappa shape index (κ2) is 6.94. The molecule has 1 spiro atoms. The highest BCUT2D eigenvalue weighted by atomic mass is 16.5. The van der Waals surface area contributed by atoms with Crippen LogP contribution in [0.2, 0.25) is 0 Å². The van der Waals surface area contributed by atoms with E-state index in [1.807, 2.05) is 47.4 Å². The summed E-state index contributed by atoms with van der Waals surface area (Å²) in [6, 6.07) is 15.3. The molecular formula is C20H23N3O2. The molecule has 0 radical (unpaired) electrons. The van der Waals surface area contributed by atoms with Crippen molar-refractivity contribution < 1.29 is 9.53 Å². The van der Waals surface area contributed by atoms with Crippen molar-refractivity contribution in [3.8, 4) is 0 Å². The predicted molar refractivity (Wildman–Crippen MR) is 96.7 cm³/mol. The predicted octanol–water partition coefficient (Wildman–Crippen LogP) is 2.64. The van der Waals surface area contributed by atoms with Crippen molar-refractivity contribution in [3.63, 3.8) is 0 Å². The molecule has 0 unspecified atom stereocenters. The molecule has 3 heterocycles. The van der Waals surface area contributed by atoms with Crippen molar-refractivity contribution in [1.82, 2.24) is 10.3 Å². The van der Waals surface area contributed by atoms with Crippen molar-refractivity contribution in [2.75, 3.05) is 24.6 Å². The fourth-order valence-electron chi connectivity index (χ4n) is 3.91. The molecule has 4 rings (SSSR count). The summed E-state index contributed by atoms with van der Waals surface area (Å²) in [6.07, 6.45) is 4.55. The number of benzene rings is 1.